The lowest BCUT2D eigenvalue weighted by atomic mass is 9.92. The number of nitrogens with zero attached hydrogens (tertiary/aromatic N) is 1. The maximum absolute atomic E-state index is 12.0. The quantitative estimate of drug-likeness (QED) is 0.870. The molecule has 1 aromatic heterocycles. The molecule has 1 aliphatic rings. The topological polar surface area (TPSA) is 77.2 Å². The number of hydrogen-bond donors (Lipinski definition) is 2. The molecule has 18 heavy (non-hydrogen) atoms. The van der Waals surface area contributed by atoms with Gasteiger partial charge in [0.15, 0.2) is 5.13 Å². The Balaban J connectivity index is 1.94. The third kappa shape index (κ3) is 3.07. The van der Waals surface area contributed by atoms with Crippen LogP contribution in [0.15, 0.2) is 0 Å². The summed E-state index contributed by atoms with van der Waals surface area (Å²) in [6.07, 6.45) is 1.70. The number of hydrogen-bond acceptors (Lipinski definition) is 5. The molecule has 2 heterocycles. The van der Waals surface area contributed by atoms with Gasteiger partial charge in [-0.15, -0.1) is 11.3 Å². The van der Waals surface area contributed by atoms with Crippen LogP contribution in [0, 0.1) is 19.8 Å². The predicted octanol–water partition coefficient (Wildman–Crippen LogP) is 1.45. The first kappa shape index (κ1) is 13.5. The Kier molecular flexibility index (Phi) is 4.31. The maximum Gasteiger partial charge on any atom is 0.243 e. The Morgan fingerprint density at radius 3 is 2.72 bits per heavy atom. The first-order valence-corrected chi connectivity index (χ1v) is 6.98. The molecule has 3 N–H and O–H groups in total. The smallest absolute Gasteiger partial charge is 0.243 e. The van der Waals surface area contributed by atoms with Gasteiger partial charge >= 0.3 is 0 Å². The SMILES string of the molecule is Cc1nc(NC(=O)C(N)C2CCOCC2)sc1C. The molecule has 1 aromatic rings. The summed E-state index contributed by atoms with van der Waals surface area (Å²) in [6.45, 7) is 5.31. The van der Waals surface area contributed by atoms with Gasteiger partial charge in [0.2, 0.25) is 5.91 Å². The highest BCUT2D eigenvalue weighted by atomic mass is 32.1. The molecule has 1 saturated heterocycles. The molecule has 0 saturated carbocycles. The number of ether oxygens (including phenoxy) is 1. The van der Waals surface area contributed by atoms with E-state index in [1.807, 2.05) is 13.8 Å². The number of aromatic nitrogens is 1. The summed E-state index contributed by atoms with van der Waals surface area (Å²) in [4.78, 5) is 17.4. The van der Waals surface area contributed by atoms with E-state index in [4.69, 9.17) is 10.5 Å². The number of aryl methyl sites for hydroxylation is 2. The van der Waals surface area contributed by atoms with Crippen LogP contribution in [0.4, 0.5) is 5.13 Å². The maximum atomic E-state index is 12.0. The largest absolute Gasteiger partial charge is 0.381 e. The first-order valence-electron chi connectivity index (χ1n) is 6.16. The Hall–Kier alpha value is -0.980. The van der Waals surface area contributed by atoms with E-state index >= 15 is 0 Å². The Labute approximate surface area is 111 Å². The van der Waals surface area contributed by atoms with Crippen molar-refractivity contribution in [2.45, 2.75) is 32.7 Å². The lowest BCUT2D eigenvalue weighted by molar-refractivity contribution is -0.119. The summed E-state index contributed by atoms with van der Waals surface area (Å²) in [5, 5.41) is 3.44. The molecule has 1 unspecified atom stereocenters. The van der Waals surface area contributed by atoms with Gasteiger partial charge in [0.25, 0.3) is 0 Å². The molecule has 0 aliphatic carbocycles. The van der Waals surface area contributed by atoms with Crippen molar-refractivity contribution >= 4 is 22.4 Å². The lowest BCUT2D eigenvalue weighted by Gasteiger charge is -2.26. The summed E-state index contributed by atoms with van der Waals surface area (Å²) in [5.41, 5.74) is 6.95. The number of carbonyl (C=O) groups is 1. The first-order chi connectivity index (χ1) is 8.58. The van der Waals surface area contributed by atoms with E-state index in [2.05, 4.69) is 10.3 Å². The van der Waals surface area contributed by atoms with Crippen LogP contribution in [0.5, 0.6) is 0 Å². The molecule has 1 atom stereocenters. The van der Waals surface area contributed by atoms with Crippen molar-refractivity contribution in [1.29, 1.82) is 0 Å². The molecular weight excluding hydrogens is 250 g/mol. The van der Waals surface area contributed by atoms with Crippen molar-refractivity contribution in [3.8, 4) is 0 Å². The van der Waals surface area contributed by atoms with Crippen LogP contribution < -0.4 is 11.1 Å². The van der Waals surface area contributed by atoms with Crippen LogP contribution in [0.25, 0.3) is 0 Å². The van der Waals surface area contributed by atoms with Crippen molar-refractivity contribution in [2.75, 3.05) is 18.5 Å². The molecule has 5 nitrogen and oxygen atoms in total. The van der Waals surface area contributed by atoms with Crippen LogP contribution >= 0.6 is 11.3 Å². The summed E-state index contributed by atoms with van der Waals surface area (Å²) in [6, 6.07) is -0.474. The van der Waals surface area contributed by atoms with Crippen molar-refractivity contribution in [3.63, 3.8) is 0 Å². The van der Waals surface area contributed by atoms with Crippen LogP contribution in [0.1, 0.15) is 23.4 Å². The number of anilines is 1. The van der Waals surface area contributed by atoms with Gasteiger partial charge in [-0.05, 0) is 32.6 Å². The molecule has 1 aliphatic heterocycles. The molecule has 1 amide bonds. The Morgan fingerprint density at radius 1 is 1.50 bits per heavy atom. The van der Waals surface area contributed by atoms with Crippen molar-refractivity contribution in [2.24, 2.45) is 11.7 Å². The van der Waals surface area contributed by atoms with Gasteiger partial charge < -0.3 is 15.8 Å². The minimum absolute atomic E-state index is 0.143. The van der Waals surface area contributed by atoms with Gasteiger partial charge in [-0.3, -0.25) is 4.79 Å². The van der Waals surface area contributed by atoms with Gasteiger partial charge in [-0.2, -0.15) is 0 Å². The monoisotopic (exact) mass is 269 g/mol. The fraction of sp³-hybridized carbons (Fsp3) is 0.667. The standard InChI is InChI=1S/C12H19N3O2S/c1-7-8(2)18-12(14-7)15-11(16)10(13)9-3-5-17-6-4-9/h9-10H,3-6,13H2,1-2H3,(H,14,15,16). The molecule has 2 rings (SSSR count). The van der Waals surface area contributed by atoms with Gasteiger partial charge in [-0.25, -0.2) is 4.98 Å². The lowest BCUT2D eigenvalue weighted by Crippen LogP contribution is -2.43. The molecule has 1 fully saturated rings. The van der Waals surface area contributed by atoms with Crippen LogP contribution in [0.3, 0.4) is 0 Å². The average molecular weight is 269 g/mol. The Bertz CT molecular complexity index is 407. The van der Waals surface area contributed by atoms with Crippen molar-refractivity contribution in [1.82, 2.24) is 4.98 Å². The van der Waals surface area contributed by atoms with E-state index in [0.717, 1.165) is 23.4 Å². The van der Waals surface area contributed by atoms with Gasteiger partial charge in [0.1, 0.15) is 0 Å². The zero-order valence-electron chi connectivity index (χ0n) is 10.7. The molecule has 0 bridgehead atoms. The Morgan fingerprint density at radius 2 is 2.17 bits per heavy atom. The van der Waals surface area contributed by atoms with Crippen molar-refractivity contribution in [3.05, 3.63) is 10.6 Å². The molecule has 0 aromatic carbocycles. The van der Waals surface area contributed by atoms with Crippen LogP contribution in [0.2, 0.25) is 0 Å². The summed E-state index contributed by atoms with van der Waals surface area (Å²) >= 11 is 1.48. The normalized spacial score (nSPS) is 18.6. The number of thiazole rings is 1. The van der Waals surface area contributed by atoms with Crippen LogP contribution in [-0.4, -0.2) is 30.1 Å². The fourth-order valence-electron chi connectivity index (χ4n) is 2.00. The van der Waals surface area contributed by atoms with E-state index < -0.39 is 6.04 Å². The van der Waals surface area contributed by atoms with E-state index in [0.29, 0.717) is 18.3 Å². The number of nitrogens with one attached hydrogen (secondary N) is 1. The second kappa shape index (κ2) is 5.77. The van der Waals surface area contributed by atoms with E-state index in [1.54, 1.807) is 0 Å². The van der Waals surface area contributed by atoms with Gasteiger partial charge in [0, 0.05) is 18.1 Å². The van der Waals surface area contributed by atoms with E-state index in [1.165, 1.54) is 11.3 Å². The molecular formula is C12H19N3O2S. The highest BCUT2D eigenvalue weighted by Gasteiger charge is 2.27. The van der Waals surface area contributed by atoms with Crippen LogP contribution in [-0.2, 0) is 9.53 Å². The van der Waals surface area contributed by atoms with Gasteiger partial charge in [-0.1, -0.05) is 0 Å². The zero-order chi connectivity index (χ0) is 13.1. The molecule has 100 valence electrons. The predicted molar refractivity (Wildman–Crippen MR) is 71.7 cm³/mol. The van der Waals surface area contributed by atoms with Gasteiger partial charge in [0.05, 0.1) is 11.7 Å². The van der Waals surface area contributed by atoms with E-state index in [9.17, 15) is 4.79 Å². The van der Waals surface area contributed by atoms with E-state index in [-0.39, 0.29) is 11.8 Å². The zero-order valence-corrected chi connectivity index (χ0v) is 11.5. The highest BCUT2D eigenvalue weighted by molar-refractivity contribution is 7.15. The third-order valence-electron chi connectivity index (χ3n) is 3.34. The highest BCUT2D eigenvalue weighted by Crippen LogP contribution is 2.23. The fourth-order valence-corrected chi connectivity index (χ4v) is 2.82. The summed E-state index contributed by atoms with van der Waals surface area (Å²) in [7, 11) is 0. The minimum Gasteiger partial charge on any atom is -0.381 e. The number of rotatable bonds is 3. The second-order valence-electron chi connectivity index (χ2n) is 4.63. The third-order valence-corrected chi connectivity index (χ3v) is 4.32. The molecule has 6 heteroatoms. The minimum atomic E-state index is -0.474. The average Bonchev–Trinajstić information content (AvgIpc) is 2.68. The molecule has 0 spiro atoms. The summed E-state index contributed by atoms with van der Waals surface area (Å²) < 4.78 is 5.27. The van der Waals surface area contributed by atoms with Crippen molar-refractivity contribution < 1.29 is 9.53 Å². The summed E-state index contributed by atoms with van der Waals surface area (Å²) in [5.74, 6) is 0.0663. The molecule has 0 radical (unpaired) electrons. The number of amides is 1. The number of carbonyl (C=O) groups excluding carboxylic acids is 1. The number of nitrogens with two attached hydrogens (primary N) is 1. The second-order valence-corrected chi connectivity index (χ2v) is 5.83.